The molecule has 1 heterocycles. The van der Waals surface area contributed by atoms with Gasteiger partial charge in [0.1, 0.15) is 11.9 Å². The number of hydrogen-bond acceptors (Lipinski definition) is 5. The number of carbonyl (C=O) groups excluding carboxylic acids is 2. The van der Waals surface area contributed by atoms with Gasteiger partial charge in [-0.15, -0.1) is 5.10 Å². The SMILES string of the molecule is Cc1nnnn1Cc1ccc(C(=O)N[C@H](C)C(N)=O)cc1. The first kappa shape index (κ1) is 14.6. The van der Waals surface area contributed by atoms with Crippen molar-refractivity contribution in [2.45, 2.75) is 26.4 Å². The summed E-state index contributed by atoms with van der Waals surface area (Å²) in [4.78, 5) is 22.8. The zero-order valence-corrected chi connectivity index (χ0v) is 11.8. The van der Waals surface area contributed by atoms with Crippen LogP contribution >= 0.6 is 0 Å². The van der Waals surface area contributed by atoms with E-state index in [9.17, 15) is 9.59 Å². The quantitative estimate of drug-likeness (QED) is 0.779. The van der Waals surface area contributed by atoms with Crippen molar-refractivity contribution in [2.24, 2.45) is 5.73 Å². The molecule has 1 atom stereocenters. The molecule has 0 fully saturated rings. The number of amides is 2. The van der Waals surface area contributed by atoms with Crippen LogP contribution in [-0.4, -0.2) is 38.1 Å². The van der Waals surface area contributed by atoms with Crippen molar-refractivity contribution in [3.8, 4) is 0 Å². The summed E-state index contributed by atoms with van der Waals surface area (Å²) in [5.41, 5.74) is 6.52. The molecule has 8 nitrogen and oxygen atoms in total. The van der Waals surface area contributed by atoms with Gasteiger partial charge in [0.25, 0.3) is 5.91 Å². The third kappa shape index (κ3) is 3.62. The molecular formula is C13H16N6O2. The Hall–Kier alpha value is -2.77. The molecule has 2 amide bonds. The lowest BCUT2D eigenvalue weighted by atomic mass is 10.1. The van der Waals surface area contributed by atoms with Crippen molar-refractivity contribution in [3.63, 3.8) is 0 Å². The van der Waals surface area contributed by atoms with E-state index in [0.29, 0.717) is 17.9 Å². The van der Waals surface area contributed by atoms with E-state index in [2.05, 4.69) is 20.8 Å². The maximum Gasteiger partial charge on any atom is 0.251 e. The van der Waals surface area contributed by atoms with Gasteiger partial charge in [-0.25, -0.2) is 4.68 Å². The van der Waals surface area contributed by atoms with Crippen LogP contribution in [0.2, 0.25) is 0 Å². The van der Waals surface area contributed by atoms with Gasteiger partial charge in [-0.1, -0.05) is 12.1 Å². The van der Waals surface area contributed by atoms with Crippen LogP contribution in [-0.2, 0) is 11.3 Å². The van der Waals surface area contributed by atoms with E-state index in [1.165, 1.54) is 6.92 Å². The first-order chi connectivity index (χ1) is 9.97. The fourth-order valence-electron chi connectivity index (χ4n) is 1.68. The Morgan fingerprint density at radius 3 is 2.52 bits per heavy atom. The lowest BCUT2D eigenvalue weighted by molar-refractivity contribution is -0.119. The van der Waals surface area contributed by atoms with E-state index in [1.807, 2.05) is 19.1 Å². The molecule has 0 spiro atoms. The van der Waals surface area contributed by atoms with Crippen LogP contribution in [0.4, 0.5) is 0 Å². The highest BCUT2D eigenvalue weighted by molar-refractivity contribution is 5.97. The summed E-state index contributed by atoms with van der Waals surface area (Å²) < 4.78 is 1.66. The van der Waals surface area contributed by atoms with E-state index < -0.39 is 11.9 Å². The molecule has 3 N–H and O–H groups in total. The first-order valence-electron chi connectivity index (χ1n) is 6.39. The molecule has 0 radical (unpaired) electrons. The average molecular weight is 288 g/mol. The van der Waals surface area contributed by atoms with Crippen LogP contribution in [0.25, 0.3) is 0 Å². The van der Waals surface area contributed by atoms with Gasteiger partial charge in [-0.2, -0.15) is 0 Å². The minimum atomic E-state index is -0.707. The molecule has 0 aliphatic heterocycles. The fourth-order valence-corrected chi connectivity index (χ4v) is 1.68. The molecule has 2 aromatic rings. The molecule has 0 aliphatic carbocycles. The van der Waals surface area contributed by atoms with Crippen LogP contribution in [0.1, 0.15) is 28.7 Å². The van der Waals surface area contributed by atoms with Gasteiger partial charge in [0.15, 0.2) is 0 Å². The minimum Gasteiger partial charge on any atom is -0.368 e. The predicted molar refractivity (Wildman–Crippen MR) is 74.2 cm³/mol. The van der Waals surface area contributed by atoms with Gasteiger partial charge < -0.3 is 11.1 Å². The molecule has 0 saturated carbocycles. The Balaban J connectivity index is 2.03. The maximum atomic E-state index is 11.9. The number of nitrogens with one attached hydrogen (secondary N) is 1. The van der Waals surface area contributed by atoms with Crippen molar-refractivity contribution < 1.29 is 9.59 Å². The van der Waals surface area contributed by atoms with Gasteiger partial charge in [-0.05, 0) is 42.0 Å². The summed E-state index contributed by atoms with van der Waals surface area (Å²) in [5, 5.41) is 13.7. The van der Waals surface area contributed by atoms with Crippen molar-refractivity contribution in [3.05, 3.63) is 41.2 Å². The van der Waals surface area contributed by atoms with Gasteiger partial charge in [-0.3, -0.25) is 9.59 Å². The van der Waals surface area contributed by atoms with Crippen LogP contribution in [0.15, 0.2) is 24.3 Å². The molecule has 1 aromatic heterocycles. The number of primary amides is 1. The monoisotopic (exact) mass is 288 g/mol. The molecule has 8 heteroatoms. The highest BCUT2D eigenvalue weighted by Gasteiger charge is 2.13. The minimum absolute atomic E-state index is 0.341. The molecule has 2 rings (SSSR count). The Bertz CT molecular complexity index is 649. The van der Waals surface area contributed by atoms with E-state index in [4.69, 9.17) is 5.73 Å². The summed E-state index contributed by atoms with van der Waals surface area (Å²) >= 11 is 0. The van der Waals surface area contributed by atoms with Gasteiger partial charge in [0, 0.05) is 5.56 Å². The zero-order valence-electron chi connectivity index (χ0n) is 11.8. The molecule has 0 saturated heterocycles. The smallest absolute Gasteiger partial charge is 0.251 e. The van der Waals surface area contributed by atoms with E-state index in [0.717, 1.165) is 5.56 Å². The topological polar surface area (TPSA) is 116 Å². The van der Waals surface area contributed by atoms with E-state index >= 15 is 0 Å². The molecular weight excluding hydrogens is 272 g/mol. The van der Waals surface area contributed by atoms with Crippen LogP contribution in [0.5, 0.6) is 0 Å². The Labute approximate surface area is 121 Å². The summed E-state index contributed by atoms with van der Waals surface area (Å²) in [7, 11) is 0. The third-order valence-corrected chi connectivity index (χ3v) is 3.03. The van der Waals surface area contributed by atoms with Crippen molar-refractivity contribution >= 4 is 11.8 Å². The first-order valence-corrected chi connectivity index (χ1v) is 6.39. The van der Waals surface area contributed by atoms with Crippen LogP contribution < -0.4 is 11.1 Å². The fraction of sp³-hybridized carbons (Fsp3) is 0.308. The number of rotatable bonds is 5. The number of nitrogens with two attached hydrogens (primary N) is 1. The molecule has 0 aliphatic rings. The van der Waals surface area contributed by atoms with Gasteiger partial charge in [0.2, 0.25) is 5.91 Å². The predicted octanol–water partition coefficient (Wildman–Crippen LogP) is -0.367. The second-order valence-corrected chi connectivity index (χ2v) is 4.68. The molecule has 0 bridgehead atoms. The summed E-state index contributed by atoms with van der Waals surface area (Å²) in [6.07, 6.45) is 0. The Morgan fingerprint density at radius 2 is 2.00 bits per heavy atom. The number of tetrazole rings is 1. The Morgan fingerprint density at radius 1 is 1.33 bits per heavy atom. The molecule has 1 aromatic carbocycles. The summed E-state index contributed by atoms with van der Waals surface area (Å²) in [5.74, 6) is -0.201. The number of carbonyl (C=O) groups is 2. The standard InChI is InChI=1S/C13H16N6O2/c1-8(12(14)20)15-13(21)11-5-3-10(4-6-11)7-19-9(2)16-17-18-19/h3-6,8H,7H2,1-2H3,(H2,14,20)(H,15,21)/t8-/m1/s1. The second-order valence-electron chi connectivity index (χ2n) is 4.68. The van der Waals surface area contributed by atoms with Crippen molar-refractivity contribution in [1.29, 1.82) is 0 Å². The summed E-state index contributed by atoms with van der Waals surface area (Å²) in [6.45, 7) is 3.88. The summed E-state index contributed by atoms with van der Waals surface area (Å²) in [6, 6.07) is 6.27. The highest BCUT2D eigenvalue weighted by Crippen LogP contribution is 2.07. The number of hydrogen-bond donors (Lipinski definition) is 2. The van der Waals surface area contributed by atoms with Crippen molar-refractivity contribution in [2.75, 3.05) is 0 Å². The highest BCUT2D eigenvalue weighted by atomic mass is 16.2. The number of aryl methyl sites for hydroxylation is 1. The number of benzene rings is 1. The Kier molecular flexibility index (Phi) is 4.27. The van der Waals surface area contributed by atoms with Gasteiger partial charge in [0.05, 0.1) is 6.54 Å². The average Bonchev–Trinajstić information content (AvgIpc) is 2.85. The lowest BCUT2D eigenvalue weighted by Gasteiger charge is -2.10. The van der Waals surface area contributed by atoms with Crippen LogP contribution in [0, 0.1) is 6.92 Å². The largest absolute Gasteiger partial charge is 0.368 e. The van der Waals surface area contributed by atoms with Gasteiger partial charge >= 0.3 is 0 Å². The lowest BCUT2D eigenvalue weighted by Crippen LogP contribution is -2.42. The third-order valence-electron chi connectivity index (χ3n) is 3.03. The van der Waals surface area contributed by atoms with Crippen molar-refractivity contribution in [1.82, 2.24) is 25.5 Å². The van der Waals surface area contributed by atoms with E-state index in [-0.39, 0.29) is 5.91 Å². The molecule has 21 heavy (non-hydrogen) atoms. The molecule has 0 unspecified atom stereocenters. The number of aromatic nitrogens is 4. The van der Waals surface area contributed by atoms with Crippen LogP contribution in [0.3, 0.4) is 0 Å². The normalized spacial score (nSPS) is 11.9. The zero-order chi connectivity index (χ0) is 15.4. The maximum absolute atomic E-state index is 11.9. The van der Waals surface area contributed by atoms with E-state index in [1.54, 1.807) is 16.8 Å². The molecule has 110 valence electrons. The second kappa shape index (κ2) is 6.12. The number of nitrogens with zero attached hydrogens (tertiary/aromatic N) is 4.